The topological polar surface area (TPSA) is 130 Å². The summed E-state index contributed by atoms with van der Waals surface area (Å²) in [6.07, 6.45) is 0. The Morgan fingerprint density at radius 3 is 2.40 bits per heavy atom. The van der Waals surface area contributed by atoms with Gasteiger partial charge in [-0.2, -0.15) is 8.42 Å². The van der Waals surface area contributed by atoms with Gasteiger partial charge in [0.05, 0.1) is 36.8 Å². The van der Waals surface area contributed by atoms with Crippen molar-refractivity contribution in [2.75, 3.05) is 50.5 Å². The van der Waals surface area contributed by atoms with Crippen LogP contribution in [0.25, 0.3) is 0 Å². The number of benzene rings is 3. The molecule has 0 unspecified atom stereocenters. The minimum Gasteiger partial charge on any atom is -0.495 e. The number of aliphatic imine (C=N–C) groups is 1. The van der Waals surface area contributed by atoms with Crippen LogP contribution in [0.4, 0.5) is 22.7 Å². The molecule has 1 aliphatic rings. The Labute approximate surface area is 232 Å². The summed E-state index contributed by atoms with van der Waals surface area (Å²) >= 11 is 0. The second-order valence-electron chi connectivity index (χ2n) is 9.10. The van der Waals surface area contributed by atoms with Gasteiger partial charge in [0.25, 0.3) is 15.9 Å². The minimum atomic E-state index is -4.14. The average Bonchev–Trinajstić information content (AvgIpc) is 2.94. The van der Waals surface area contributed by atoms with Crippen LogP contribution in [-0.4, -0.2) is 67.2 Å². The van der Waals surface area contributed by atoms with E-state index in [0.29, 0.717) is 11.4 Å². The second-order valence-corrected chi connectivity index (χ2v) is 10.7. The fourth-order valence-electron chi connectivity index (χ4n) is 4.09. The Bertz CT molecular complexity index is 1660. The number of nitrogens with one attached hydrogen (secondary N) is 1. The fourth-order valence-corrected chi connectivity index (χ4v) is 5.35. The van der Waals surface area contributed by atoms with E-state index in [9.17, 15) is 18.0 Å². The summed E-state index contributed by atoms with van der Waals surface area (Å²) in [6, 6.07) is 16.2. The number of amidine groups is 1. The lowest BCUT2D eigenvalue weighted by Gasteiger charge is -2.27. The largest absolute Gasteiger partial charge is 0.495 e. The molecule has 11 nitrogen and oxygen atoms in total. The number of carbonyl (C=O) groups is 2. The number of methoxy groups -OCH3 is 2. The number of fused-ring (bicyclic) bond motifs is 1. The standard InChI is InChI=1S/C28H29N5O6S/c1-17-15-19(32(2)3)12-13-20(17)29-25(26-31-40(36,37)24-10-8-7-9-22(24)33(26)4)27(34)30-21-16-18(28(35)39-6)11-14-23(21)38-5/h7-16H,1-6H3,(H,30,34). The minimum absolute atomic E-state index is 0.0139. The molecule has 0 fully saturated rings. The van der Waals surface area contributed by atoms with Crippen LogP contribution in [0.2, 0.25) is 0 Å². The van der Waals surface area contributed by atoms with Crippen LogP contribution in [0, 0.1) is 6.92 Å². The van der Waals surface area contributed by atoms with Crippen molar-refractivity contribution in [2.24, 2.45) is 9.39 Å². The molecule has 0 aliphatic carbocycles. The van der Waals surface area contributed by atoms with Gasteiger partial charge in [0.2, 0.25) is 0 Å². The molecular formula is C28H29N5O6S. The molecular weight excluding hydrogens is 534 g/mol. The first-order valence-electron chi connectivity index (χ1n) is 12.1. The molecule has 0 radical (unpaired) electrons. The summed E-state index contributed by atoms with van der Waals surface area (Å²) in [5.41, 5.74) is 2.55. The third kappa shape index (κ3) is 5.52. The third-order valence-electron chi connectivity index (χ3n) is 6.25. The van der Waals surface area contributed by atoms with E-state index in [0.717, 1.165) is 11.3 Å². The fraction of sp³-hybridized carbons (Fsp3) is 0.214. The molecule has 208 valence electrons. The van der Waals surface area contributed by atoms with Crippen molar-refractivity contribution in [3.8, 4) is 5.75 Å². The summed E-state index contributed by atoms with van der Waals surface area (Å²) in [5.74, 6) is -1.28. The molecule has 12 heteroatoms. The van der Waals surface area contributed by atoms with Crippen molar-refractivity contribution in [1.29, 1.82) is 0 Å². The number of aryl methyl sites for hydroxylation is 1. The summed E-state index contributed by atoms with van der Waals surface area (Å²) in [7, 11) is 3.93. The van der Waals surface area contributed by atoms with Crippen LogP contribution in [0.15, 0.2) is 74.9 Å². The zero-order valence-corrected chi connectivity index (χ0v) is 23.7. The number of esters is 1. The van der Waals surface area contributed by atoms with E-state index >= 15 is 0 Å². The molecule has 1 amide bonds. The molecule has 0 saturated carbocycles. The lowest BCUT2D eigenvalue weighted by Crippen LogP contribution is -2.43. The van der Waals surface area contributed by atoms with E-state index in [1.807, 2.05) is 38.1 Å². The predicted molar refractivity (Wildman–Crippen MR) is 155 cm³/mol. The lowest BCUT2D eigenvalue weighted by molar-refractivity contribution is -0.110. The highest BCUT2D eigenvalue weighted by Crippen LogP contribution is 2.32. The van der Waals surface area contributed by atoms with Gasteiger partial charge in [-0.1, -0.05) is 12.1 Å². The Morgan fingerprint density at radius 1 is 1.02 bits per heavy atom. The van der Waals surface area contributed by atoms with E-state index in [1.165, 1.54) is 43.4 Å². The van der Waals surface area contributed by atoms with Crippen molar-refractivity contribution in [1.82, 2.24) is 0 Å². The normalized spacial score (nSPS) is 14.1. The van der Waals surface area contributed by atoms with Crippen LogP contribution < -0.4 is 19.9 Å². The van der Waals surface area contributed by atoms with Crippen molar-refractivity contribution in [3.05, 3.63) is 71.8 Å². The third-order valence-corrected chi connectivity index (χ3v) is 7.57. The van der Waals surface area contributed by atoms with Crippen molar-refractivity contribution >= 4 is 56.2 Å². The Morgan fingerprint density at radius 2 is 1.75 bits per heavy atom. The maximum Gasteiger partial charge on any atom is 0.337 e. The highest BCUT2D eigenvalue weighted by Gasteiger charge is 2.34. The second kappa shape index (κ2) is 11.2. The summed E-state index contributed by atoms with van der Waals surface area (Å²) < 4.78 is 40.4. The smallest absolute Gasteiger partial charge is 0.337 e. The zero-order chi connectivity index (χ0) is 29.2. The molecule has 0 saturated heterocycles. The summed E-state index contributed by atoms with van der Waals surface area (Å²) in [5, 5.41) is 2.71. The number of carbonyl (C=O) groups excluding carboxylic acids is 2. The average molecular weight is 564 g/mol. The number of para-hydroxylation sites is 1. The molecule has 1 heterocycles. The van der Waals surface area contributed by atoms with Gasteiger partial charge >= 0.3 is 5.97 Å². The van der Waals surface area contributed by atoms with Crippen LogP contribution in [0.5, 0.6) is 5.75 Å². The van der Waals surface area contributed by atoms with E-state index < -0.39 is 21.9 Å². The number of rotatable bonds is 7. The first-order chi connectivity index (χ1) is 19.0. The number of hydrogen-bond donors (Lipinski definition) is 1. The Hall–Kier alpha value is -4.71. The van der Waals surface area contributed by atoms with Crippen molar-refractivity contribution in [3.63, 3.8) is 0 Å². The molecule has 0 aromatic heterocycles. The molecule has 1 aliphatic heterocycles. The monoisotopic (exact) mass is 563 g/mol. The first-order valence-corrected chi connectivity index (χ1v) is 13.5. The number of nitrogens with zero attached hydrogens (tertiary/aromatic N) is 4. The van der Waals surface area contributed by atoms with E-state index in [4.69, 9.17) is 9.47 Å². The van der Waals surface area contributed by atoms with Gasteiger partial charge in [-0.3, -0.25) is 4.79 Å². The van der Waals surface area contributed by atoms with Crippen LogP contribution >= 0.6 is 0 Å². The summed E-state index contributed by atoms with van der Waals surface area (Å²) in [6.45, 7) is 1.84. The highest BCUT2D eigenvalue weighted by atomic mass is 32.2. The van der Waals surface area contributed by atoms with E-state index in [-0.39, 0.29) is 33.4 Å². The van der Waals surface area contributed by atoms with Crippen molar-refractivity contribution < 1.29 is 27.5 Å². The predicted octanol–water partition coefficient (Wildman–Crippen LogP) is 3.80. The number of hydrogen-bond acceptors (Lipinski definition) is 9. The SMILES string of the molecule is COC(=O)c1ccc(OC)c(NC(=O)C(=Nc2ccc(N(C)C)cc2C)C2=NS(=O)(=O)c3ccccc3N2C)c1. The van der Waals surface area contributed by atoms with Gasteiger partial charge in [0.1, 0.15) is 10.6 Å². The Kier molecular flexibility index (Phi) is 7.91. The van der Waals surface area contributed by atoms with Gasteiger partial charge < -0.3 is 24.6 Å². The zero-order valence-electron chi connectivity index (χ0n) is 22.9. The van der Waals surface area contributed by atoms with Gasteiger partial charge in [-0.05, 0) is 61.0 Å². The number of anilines is 3. The van der Waals surface area contributed by atoms with Gasteiger partial charge in [-0.25, -0.2) is 9.79 Å². The van der Waals surface area contributed by atoms with Gasteiger partial charge in [0.15, 0.2) is 11.5 Å². The number of amides is 1. The summed E-state index contributed by atoms with van der Waals surface area (Å²) in [4.78, 5) is 34.0. The van der Waals surface area contributed by atoms with Crippen LogP contribution in [0.3, 0.4) is 0 Å². The molecule has 4 rings (SSSR count). The maximum atomic E-state index is 13.9. The molecule has 0 atom stereocenters. The van der Waals surface area contributed by atoms with Crippen molar-refractivity contribution in [2.45, 2.75) is 11.8 Å². The van der Waals surface area contributed by atoms with Crippen LogP contribution in [0.1, 0.15) is 15.9 Å². The van der Waals surface area contributed by atoms with E-state index in [2.05, 4.69) is 14.7 Å². The number of ether oxygens (including phenoxy) is 2. The quantitative estimate of drug-likeness (QED) is 0.339. The maximum absolute atomic E-state index is 13.9. The number of sulfonamides is 1. The van der Waals surface area contributed by atoms with Crippen LogP contribution in [-0.2, 0) is 19.6 Å². The van der Waals surface area contributed by atoms with Gasteiger partial charge in [-0.15, -0.1) is 4.40 Å². The van der Waals surface area contributed by atoms with E-state index in [1.54, 1.807) is 31.3 Å². The molecule has 3 aromatic carbocycles. The molecule has 3 aromatic rings. The first kappa shape index (κ1) is 28.3. The molecule has 0 bridgehead atoms. The molecule has 40 heavy (non-hydrogen) atoms. The highest BCUT2D eigenvalue weighted by molar-refractivity contribution is 7.90. The Balaban J connectivity index is 1.88. The molecule has 0 spiro atoms. The van der Waals surface area contributed by atoms with Gasteiger partial charge in [0, 0.05) is 26.8 Å². The lowest BCUT2D eigenvalue weighted by atomic mass is 10.1. The molecule has 1 N–H and O–H groups in total.